The highest BCUT2D eigenvalue weighted by atomic mass is 32.2. The number of fused-ring (bicyclic) bond motifs is 1. The summed E-state index contributed by atoms with van der Waals surface area (Å²) in [7, 11) is 3.48. The first-order chi connectivity index (χ1) is 14.5. The Kier molecular flexibility index (Phi) is 7.65. The van der Waals surface area contributed by atoms with Gasteiger partial charge in [0.2, 0.25) is 5.91 Å². The van der Waals surface area contributed by atoms with E-state index in [9.17, 15) is 9.59 Å². The topological polar surface area (TPSA) is 64.4 Å². The van der Waals surface area contributed by atoms with Gasteiger partial charge >= 0.3 is 0 Å². The van der Waals surface area contributed by atoms with E-state index < -0.39 is 5.25 Å². The SMILES string of the molecule is CCOCCCn1c(S[C@@H](C(=O)N(C)C)c2ccccc2)nc2ccccc2c1=O. The molecule has 0 fully saturated rings. The molecule has 7 heteroatoms. The van der Waals surface area contributed by atoms with E-state index in [0.717, 1.165) is 5.56 Å². The van der Waals surface area contributed by atoms with Crippen LogP contribution in [0.4, 0.5) is 0 Å². The van der Waals surface area contributed by atoms with Crippen molar-refractivity contribution in [3.8, 4) is 0 Å². The molecule has 0 unspecified atom stereocenters. The summed E-state index contributed by atoms with van der Waals surface area (Å²) < 4.78 is 7.11. The largest absolute Gasteiger partial charge is 0.382 e. The lowest BCUT2D eigenvalue weighted by Crippen LogP contribution is -2.28. The first-order valence-corrected chi connectivity index (χ1v) is 10.9. The van der Waals surface area contributed by atoms with Gasteiger partial charge < -0.3 is 9.64 Å². The maximum absolute atomic E-state index is 13.2. The van der Waals surface area contributed by atoms with Crippen LogP contribution in [0.1, 0.15) is 24.2 Å². The first kappa shape index (κ1) is 22.1. The summed E-state index contributed by atoms with van der Waals surface area (Å²) in [5.74, 6) is -0.0468. The highest BCUT2D eigenvalue weighted by molar-refractivity contribution is 8.00. The maximum Gasteiger partial charge on any atom is 0.262 e. The third-order valence-corrected chi connectivity index (χ3v) is 5.92. The van der Waals surface area contributed by atoms with E-state index in [0.29, 0.717) is 42.2 Å². The fourth-order valence-corrected chi connectivity index (χ4v) is 4.40. The minimum Gasteiger partial charge on any atom is -0.382 e. The van der Waals surface area contributed by atoms with Crippen LogP contribution in [0.15, 0.2) is 64.5 Å². The fourth-order valence-electron chi connectivity index (χ4n) is 3.13. The van der Waals surface area contributed by atoms with Gasteiger partial charge in [-0.2, -0.15) is 0 Å². The Morgan fingerprint density at radius 1 is 1.13 bits per heavy atom. The third kappa shape index (κ3) is 5.09. The van der Waals surface area contributed by atoms with Gasteiger partial charge in [0.25, 0.3) is 5.56 Å². The van der Waals surface area contributed by atoms with Crippen molar-refractivity contribution in [2.24, 2.45) is 0 Å². The molecule has 0 saturated heterocycles. The normalized spacial score (nSPS) is 12.1. The van der Waals surface area contributed by atoms with Crippen molar-refractivity contribution in [1.82, 2.24) is 14.5 Å². The second kappa shape index (κ2) is 10.4. The Bertz CT molecular complexity index is 1050. The molecule has 1 atom stereocenters. The number of aromatic nitrogens is 2. The molecule has 1 aromatic heterocycles. The zero-order valence-corrected chi connectivity index (χ0v) is 18.4. The van der Waals surface area contributed by atoms with Crippen molar-refractivity contribution in [3.63, 3.8) is 0 Å². The molecule has 2 aromatic carbocycles. The molecule has 3 rings (SSSR count). The summed E-state index contributed by atoms with van der Waals surface area (Å²) in [6.07, 6.45) is 0.693. The average molecular weight is 426 g/mol. The van der Waals surface area contributed by atoms with Crippen LogP contribution in [0.3, 0.4) is 0 Å². The third-order valence-electron chi connectivity index (χ3n) is 4.69. The minimum absolute atomic E-state index is 0.0468. The molecule has 0 spiro atoms. The highest BCUT2D eigenvalue weighted by Crippen LogP contribution is 2.35. The molecule has 0 aliphatic heterocycles. The zero-order chi connectivity index (χ0) is 21.5. The molecule has 0 saturated carbocycles. The van der Waals surface area contributed by atoms with Crippen molar-refractivity contribution in [2.75, 3.05) is 27.3 Å². The molecule has 0 radical (unpaired) electrons. The molecule has 0 bridgehead atoms. The van der Waals surface area contributed by atoms with Crippen LogP contribution in [0, 0.1) is 0 Å². The molecule has 30 heavy (non-hydrogen) atoms. The van der Waals surface area contributed by atoms with Gasteiger partial charge in [0, 0.05) is 33.9 Å². The predicted molar refractivity (Wildman–Crippen MR) is 121 cm³/mol. The van der Waals surface area contributed by atoms with Crippen LogP contribution in [0.2, 0.25) is 0 Å². The number of hydrogen-bond acceptors (Lipinski definition) is 5. The van der Waals surface area contributed by atoms with Crippen LogP contribution >= 0.6 is 11.8 Å². The molecule has 1 heterocycles. The number of thioether (sulfide) groups is 1. The summed E-state index contributed by atoms with van der Waals surface area (Å²) in [5, 5.41) is 0.625. The van der Waals surface area contributed by atoms with E-state index in [2.05, 4.69) is 0 Å². The zero-order valence-electron chi connectivity index (χ0n) is 17.6. The van der Waals surface area contributed by atoms with Gasteiger partial charge in [0.1, 0.15) is 5.25 Å². The van der Waals surface area contributed by atoms with Crippen LogP contribution in [0.25, 0.3) is 10.9 Å². The Hall–Kier alpha value is -2.64. The number of benzene rings is 2. The average Bonchev–Trinajstić information content (AvgIpc) is 2.76. The van der Waals surface area contributed by atoms with Gasteiger partial charge in [-0.25, -0.2) is 4.98 Å². The van der Waals surface area contributed by atoms with Crippen molar-refractivity contribution >= 4 is 28.6 Å². The Balaban J connectivity index is 2.05. The van der Waals surface area contributed by atoms with Gasteiger partial charge in [-0.3, -0.25) is 14.2 Å². The lowest BCUT2D eigenvalue weighted by Gasteiger charge is -2.22. The van der Waals surface area contributed by atoms with E-state index in [1.165, 1.54) is 11.8 Å². The lowest BCUT2D eigenvalue weighted by molar-refractivity contribution is -0.128. The number of amides is 1. The van der Waals surface area contributed by atoms with Gasteiger partial charge in [0.15, 0.2) is 5.16 Å². The summed E-state index contributed by atoms with van der Waals surface area (Å²) >= 11 is 1.32. The number of ether oxygens (including phenoxy) is 1. The molecular weight excluding hydrogens is 398 g/mol. The molecular formula is C23H27N3O3S. The molecule has 0 aliphatic carbocycles. The number of rotatable bonds is 9. The summed E-state index contributed by atoms with van der Waals surface area (Å²) in [5.41, 5.74) is 1.42. The number of nitrogens with zero attached hydrogens (tertiary/aromatic N) is 3. The van der Waals surface area contributed by atoms with Crippen LogP contribution < -0.4 is 5.56 Å². The predicted octanol–water partition coefficient (Wildman–Crippen LogP) is 3.74. The Labute approximate surface area is 180 Å². The van der Waals surface area contributed by atoms with Gasteiger partial charge in [-0.05, 0) is 31.0 Å². The molecule has 3 aromatic rings. The lowest BCUT2D eigenvalue weighted by atomic mass is 10.1. The number of carbonyl (C=O) groups is 1. The highest BCUT2D eigenvalue weighted by Gasteiger charge is 2.26. The molecule has 1 amide bonds. The monoisotopic (exact) mass is 425 g/mol. The number of likely N-dealkylation sites (N-methyl/N-ethyl adjacent to an activating group) is 1. The second-order valence-electron chi connectivity index (χ2n) is 7.06. The van der Waals surface area contributed by atoms with Crippen molar-refractivity contribution in [2.45, 2.75) is 30.3 Å². The van der Waals surface area contributed by atoms with E-state index in [-0.39, 0.29) is 11.5 Å². The van der Waals surface area contributed by atoms with Crippen molar-refractivity contribution < 1.29 is 9.53 Å². The Morgan fingerprint density at radius 3 is 2.53 bits per heavy atom. The quantitative estimate of drug-likeness (QED) is 0.297. The smallest absolute Gasteiger partial charge is 0.262 e. The van der Waals surface area contributed by atoms with Gasteiger partial charge in [0.05, 0.1) is 10.9 Å². The second-order valence-corrected chi connectivity index (χ2v) is 8.13. The van der Waals surface area contributed by atoms with E-state index >= 15 is 0 Å². The van der Waals surface area contributed by atoms with Crippen LogP contribution in [0.5, 0.6) is 0 Å². The van der Waals surface area contributed by atoms with Crippen LogP contribution in [-0.2, 0) is 16.1 Å². The summed E-state index contributed by atoms with van der Waals surface area (Å²) in [6, 6.07) is 16.9. The number of carbonyl (C=O) groups excluding carboxylic acids is 1. The van der Waals surface area contributed by atoms with E-state index in [4.69, 9.17) is 9.72 Å². The number of para-hydroxylation sites is 1. The van der Waals surface area contributed by atoms with E-state index in [1.807, 2.05) is 55.5 Å². The number of hydrogen-bond donors (Lipinski definition) is 0. The van der Waals surface area contributed by atoms with Crippen molar-refractivity contribution in [1.29, 1.82) is 0 Å². The standard InChI is InChI=1S/C23H27N3O3S/c1-4-29-16-10-15-26-21(27)18-13-8-9-14-19(18)24-23(26)30-20(22(28)25(2)3)17-11-6-5-7-12-17/h5-9,11-14,20H,4,10,15-16H2,1-3H3/t20-/m1/s1. The fraction of sp³-hybridized carbons (Fsp3) is 0.348. The molecule has 6 nitrogen and oxygen atoms in total. The molecule has 158 valence electrons. The maximum atomic E-state index is 13.2. The van der Waals surface area contributed by atoms with Crippen molar-refractivity contribution in [3.05, 3.63) is 70.5 Å². The van der Waals surface area contributed by atoms with E-state index in [1.54, 1.807) is 29.6 Å². The first-order valence-electron chi connectivity index (χ1n) is 10.0. The summed E-state index contributed by atoms with van der Waals surface area (Å²) in [6.45, 7) is 3.64. The molecule has 0 aliphatic rings. The van der Waals surface area contributed by atoms with Gasteiger partial charge in [-0.1, -0.05) is 54.2 Å². The minimum atomic E-state index is -0.493. The Morgan fingerprint density at radius 2 is 1.83 bits per heavy atom. The van der Waals surface area contributed by atoms with Gasteiger partial charge in [-0.15, -0.1) is 0 Å². The molecule has 0 N–H and O–H groups in total. The van der Waals surface area contributed by atoms with Crippen LogP contribution in [-0.4, -0.2) is 47.7 Å². The summed E-state index contributed by atoms with van der Waals surface area (Å²) in [4.78, 5) is 32.5.